The van der Waals surface area contributed by atoms with Crippen molar-refractivity contribution in [2.75, 3.05) is 23.7 Å². The van der Waals surface area contributed by atoms with Crippen LogP contribution in [0.1, 0.15) is 12.8 Å². The van der Waals surface area contributed by atoms with Crippen LogP contribution >= 0.6 is 11.8 Å². The predicted molar refractivity (Wildman–Crippen MR) is 73.0 cm³/mol. The Labute approximate surface area is 115 Å². The van der Waals surface area contributed by atoms with E-state index < -0.39 is 0 Å². The fourth-order valence-corrected chi connectivity index (χ4v) is 2.75. The Balaban J connectivity index is 1.87. The molecule has 0 atom stereocenters. The smallest absolute Gasteiger partial charge is 0.231 e. The summed E-state index contributed by atoms with van der Waals surface area (Å²) in [5.74, 6) is 0.926. The van der Waals surface area contributed by atoms with E-state index >= 15 is 0 Å². The zero-order valence-corrected chi connectivity index (χ0v) is 11.5. The van der Waals surface area contributed by atoms with E-state index in [1.165, 1.54) is 24.6 Å². The number of nitrogens with zero attached hydrogens (tertiary/aromatic N) is 6. The van der Waals surface area contributed by atoms with Crippen LogP contribution in [0.5, 0.6) is 0 Å². The second kappa shape index (κ2) is 5.04. The van der Waals surface area contributed by atoms with Crippen LogP contribution in [0, 0.1) is 0 Å². The highest BCUT2D eigenvalue weighted by Crippen LogP contribution is 2.25. The highest BCUT2D eigenvalue weighted by atomic mass is 32.2. The minimum absolute atomic E-state index is 0.258. The Hall–Kier alpha value is -1.83. The predicted octanol–water partition coefficient (Wildman–Crippen LogP) is 0.939. The molecule has 0 amide bonds. The number of aromatic nitrogens is 5. The highest BCUT2D eigenvalue weighted by Gasteiger charge is 2.17. The van der Waals surface area contributed by atoms with Gasteiger partial charge in [0.1, 0.15) is 0 Å². The van der Waals surface area contributed by atoms with E-state index in [4.69, 9.17) is 5.73 Å². The first-order valence-electron chi connectivity index (χ1n) is 6.14. The molecular weight excluding hydrogens is 262 g/mol. The van der Waals surface area contributed by atoms with Crippen molar-refractivity contribution in [1.29, 1.82) is 0 Å². The van der Waals surface area contributed by atoms with Crippen molar-refractivity contribution in [3.63, 3.8) is 0 Å². The van der Waals surface area contributed by atoms with Gasteiger partial charge >= 0.3 is 0 Å². The maximum Gasteiger partial charge on any atom is 0.231 e. The Kier molecular flexibility index (Phi) is 3.24. The van der Waals surface area contributed by atoms with Crippen LogP contribution in [0.4, 0.5) is 11.9 Å². The van der Waals surface area contributed by atoms with Gasteiger partial charge in [-0.1, -0.05) is 0 Å². The zero-order chi connectivity index (χ0) is 13.2. The van der Waals surface area contributed by atoms with Gasteiger partial charge in [0.15, 0.2) is 5.16 Å². The molecular formula is C11H15N7S. The normalized spacial score (nSPS) is 15.1. The second-order valence-corrected chi connectivity index (χ2v) is 5.33. The van der Waals surface area contributed by atoms with Crippen molar-refractivity contribution in [2.24, 2.45) is 7.05 Å². The lowest BCUT2D eigenvalue weighted by Gasteiger charge is -2.15. The average Bonchev–Trinajstić information content (AvgIpc) is 3.01. The second-order valence-electron chi connectivity index (χ2n) is 4.39. The van der Waals surface area contributed by atoms with Crippen molar-refractivity contribution >= 4 is 23.7 Å². The van der Waals surface area contributed by atoms with Gasteiger partial charge in [-0.3, -0.25) is 0 Å². The maximum atomic E-state index is 5.76. The van der Waals surface area contributed by atoms with E-state index in [2.05, 4.69) is 24.8 Å². The summed E-state index contributed by atoms with van der Waals surface area (Å²) in [5.41, 5.74) is 5.76. The Morgan fingerprint density at radius 1 is 1.21 bits per heavy atom. The van der Waals surface area contributed by atoms with Crippen molar-refractivity contribution < 1.29 is 0 Å². The Bertz CT molecular complexity index is 576. The van der Waals surface area contributed by atoms with Crippen LogP contribution in [-0.4, -0.2) is 37.6 Å². The molecule has 100 valence electrons. The number of nitrogens with two attached hydrogens (primary N) is 1. The van der Waals surface area contributed by atoms with E-state index in [9.17, 15) is 0 Å². The van der Waals surface area contributed by atoms with Crippen LogP contribution in [-0.2, 0) is 7.05 Å². The molecule has 3 rings (SSSR count). The fourth-order valence-electron chi connectivity index (χ4n) is 2.00. The van der Waals surface area contributed by atoms with Gasteiger partial charge in [0.05, 0.1) is 0 Å². The van der Waals surface area contributed by atoms with Gasteiger partial charge in [0, 0.05) is 32.5 Å². The molecule has 0 saturated carbocycles. The van der Waals surface area contributed by atoms with Crippen LogP contribution in [0.15, 0.2) is 22.7 Å². The molecule has 3 heterocycles. The first-order valence-corrected chi connectivity index (χ1v) is 6.96. The van der Waals surface area contributed by atoms with E-state index in [1.807, 2.05) is 17.8 Å². The Morgan fingerprint density at radius 3 is 2.68 bits per heavy atom. The molecule has 1 aliphatic rings. The lowest BCUT2D eigenvalue weighted by molar-refractivity contribution is 0.780. The third-order valence-corrected chi connectivity index (χ3v) is 3.91. The zero-order valence-electron chi connectivity index (χ0n) is 10.7. The highest BCUT2D eigenvalue weighted by molar-refractivity contribution is 7.99. The molecule has 0 aromatic carbocycles. The van der Waals surface area contributed by atoms with Gasteiger partial charge in [-0.05, 0) is 24.6 Å². The van der Waals surface area contributed by atoms with Gasteiger partial charge in [-0.15, -0.1) is 0 Å². The summed E-state index contributed by atoms with van der Waals surface area (Å²) in [6.45, 7) is 1.96. The molecule has 2 N–H and O–H groups in total. The summed E-state index contributed by atoms with van der Waals surface area (Å²) in [7, 11) is 1.93. The van der Waals surface area contributed by atoms with E-state index in [0.717, 1.165) is 18.2 Å². The minimum atomic E-state index is 0.258. The number of imidazole rings is 1. The lowest BCUT2D eigenvalue weighted by atomic mass is 10.4. The fraction of sp³-hybridized carbons (Fsp3) is 0.455. The third-order valence-electron chi connectivity index (χ3n) is 2.97. The number of hydrogen-bond donors (Lipinski definition) is 1. The average molecular weight is 277 g/mol. The van der Waals surface area contributed by atoms with Crippen molar-refractivity contribution in [1.82, 2.24) is 24.5 Å². The summed E-state index contributed by atoms with van der Waals surface area (Å²) in [6.07, 6.45) is 5.98. The van der Waals surface area contributed by atoms with Crippen LogP contribution in [0.25, 0.3) is 0 Å². The number of anilines is 2. The molecule has 0 unspecified atom stereocenters. The molecule has 8 heteroatoms. The SMILES string of the molecule is Cn1ccnc1Sc1nc(N)nc(N2CCCC2)n1. The molecule has 0 radical (unpaired) electrons. The molecule has 0 spiro atoms. The topological polar surface area (TPSA) is 85.8 Å². The largest absolute Gasteiger partial charge is 0.368 e. The first-order chi connectivity index (χ1) is 9.22. The summed E-state index contributed by atoms with van der Waals surface area (Å²) in [4.78, 5) is 19.2. The first kappa shape index (κ1) is 12.2. The summed E-state index contributed by atoms with van der Waals surface area (Å²) >= 11 is 1.39. The molecule has 2 aromatic heterocycles. The number of hydrogen-bond acceptors (Lipinski definition) is 7. The summed E-state index contributed by atoms with van der Waals surface area (Å²) in [5, 5.41) is 1.42. The van der Waals surface area contributed by atoms with Crippen LogP contribution < -0.4 is 10.6 Å². The van der Waals surface area contributed by atoms with Crippen molar-refractivity contribution in [2.45, 2.75) is 23.2 Å². The van der Waals surface area contributed by atoms with Crippen molar-refractivity contribution in [3.8, 4) is 0 Å². The monoisotopic (exact) mass is 277 g/mol. The van der Waals surface area contributed by atoms with Crippen LogP contribution in [0.2, 0.25) is 0 Å². The summed E-state index contributed by atoms with van der Waals surface area (Å²) < 4.78 is 1.92. The maximum absolute atomic E-state index is 5.76. The van der Waals surface area contributed by atoms with Crippen LogP contribution in [0.3, 0.4) is 0 Å². The van der Waals surface area contributed by atoms with Gasteiger partial charge in [0.25, 0.3) is 0 Å². The molecule has 1 fully saturated rings. The standard InChI is InChI=1S/C11H15N7S/c1-17-7-4-13-11(17)19-10-15-8(12)14-9(16-10)18-5-2-3-6-18/h4,7H,2-3,5-6H2,1H3,(H2,12,14,15,16). The number of rotatable bonds is 3. The molecule has 0 aliphatic carbocycles. The quantitative estimate of drug-likeness (QED) is 0.893. The van der Waals surface area contributed by atoms with Gasteiger partial charge in [-0.25, -0.2) is 4.98 Å². The molecule has 7 nitrogen and oxygen atoms in total. The van der Waals surface area contributed by atoms with E-state index in [1.54, 1.807) is 6.20 Å². The van der Waals surface area contributed by atoms with Gasteiger partial charge < -0.3 is 15.2 Å². The van der Waals surface area contributed by atoms with Gasteiger partial charge in [-0.2, -0.15) is 15.0 Å². The van der Waals surface area contributed by atoms with E-state index in [-0.39, 0.29) is 5.95 Å². The molecule has 0 bridgehead atoms. The van der Waals surface area contributed by atoms with Crippen molar-refractivity contribution in [3.05, 3.63) is 12.4 Å². The third kappa shape index (κ3) is 2.62. The summed E-state index contributed by atoms with van der Waals surface area (Å²) in [6, 6.07) is 0. The Morgan fingerprint density at radius 2 is 2.00 bits per heavy atom. The molecule has 19 heavy (non-hydrogen) atoms. The number of nitrogen functional groups attached to an aromatic ring is 1. The lowest BCUT2D eigenvalue weighted by Crippen LogP contribution is -2.21. The minimum Gasteiger partial charge on any atom is -0.368 e. The van der Waals surface area contributed by atoms with Gasteiger partial charge in [0.2, 0.25) is 17.1 Å². The molecule has 1 aliphatic heterocycles. The molecule has 2 aromatic rings. The number of aryl methyl sites for hydroxylation is 1. The van der Waals surface area contributed by atoms with E-state index in [0.29, 0.717) is 11.1 Å². The molecule has 1 saturated heterocycles.